The summed E-state index contributed by atoms with van der Waals surface area (Å²) in [6.45, 7) is 7.68. The number of hydrogen-bond acceptors (Lipinski definition) is 4. The Kier molecular flexibility index (Phi) is 8.22. The quantitative estimate of drug-likeness (QED) is 0.531. The third kappa shape index (κ3) is 4.71. The van der Waals surface area contributed by atoms with Gasteiger partial charge in [0.05, 0.1) is 12.3 Å². The van der Waals surface area contributed by atoms with Gasteiger partial charge in [-0.2, -0.15) is 0 Å². The lowest BCUT2D eigenvalue weighted by Crippen LogP contribution is -2.48. The van der Waals surface area contributed by atoms with Crippen LogP contribution in [0.5, 0.6) is 0 Å². The monoisotopic (exact) mass is 355 g/mol. The summed E-state index contributed by atoms with van der Waals surface area (Å²) in [5.74, 6) is -0.509. The fourth-order valence-electron chi connectivity index (χ4n) is 2.65. The molecule has 134 valence electrons. The van der Waals surface area contributed by atoms with Crippen molar-refractivity contribution in [2.75, 3.05) is 31.1 Å². The van der Waals surface area contributed by atoms with E-state index in [0.717, 1.165) is 22.4 Å². The molecule has 0 bridgehead atoms. The molecule has 0 aliphatic rings. The number of carbonyl (C=O) groups excluding carboxylic acids is 2. The van der Waals surface area contributed by atoms with Crippen LogP contribution in [0.4, 0.5) is 5.69 Å². The Morgan fingerprint density at radius 1 is 1.21 bits per heavy atom. The van der Waals surface area contributed by atoms with Gasteiger partial charge in [0.1, 0.15) is 12.6 Å². The average molecular weight is 356 g/mol. The molecule has 0 saturated carbocycles. The molecular formula is C18H26ClNO4. The number of aryl methyl sites for hydroxylation is 2. The van der Waals surface area contributed by atoms with Gasteiger partial charge in [0.2, 0.25) is 0 Å². The summed E-state index contributed by atoms with van der Waals surface area (Å²) >= 11 is 5.89. The van der Waals surface area contributed by atoms with E-state index in [1.807, 2.05) is 32.9 Å². The lowest BCUT2D eigenvalue weighted by molar-refractivity contribution is -0.146. The molecular weight excluding hydrogens is 330 g/mol. The van der Waals surface area contributed by atoms with Crippen LogP contribution in [0.1, 0.15) is 30.0 Å². The Balaban J connectivity index is 3.47. The first-order valence-electron chi connectivity index (χ1n) is 7.99. The van der Waals surface area contributed by atoms with Crippen LogP contribution in [0.15, 0.2) is 12.1 Å². The van der Waals surface area contributed by atoms with Crippen molar-refractivity contribution in [3.8, 4) is 0 Å². The molecule has 0 spiro atoms. The second-order valence-electron chi connectivity index (χ2n) is 5.62. The number of anilines is 1. The van der Waals surface area contributed by atoms with E-state index in [9.17, 15) is 9.59 Å². The number of nitrogens with zero attached hydrogens (tertiary/aromatic N) is 1. The van der Waals surface area contributed by atoms with Gasteiger partial charge in [-0.05, 0) is 50.8 Å². The summed E-state index contributed by atoms with van der Waals surface area (Å²) in [4.78, 5) is 26.7. The Morgan fingerprint density at radius 3 is 2.38 bits per heavy atom. The Labute approximate surface area is 148 Å². The van der Waals surface area contributed by atoms with Gasteiger partial charge in [-0.25, -0.2) is 4.79 Å². The van der Waals surface area contributed by atoms with Crippen LogP contribution >= 0.6 is 11.6 Å². The summed E-state index contributed by atoms with van der Waals surface area (Å²) in [6.07, 6.45) is 0.308. The molecule has 0 N–H and O–H groups in total. The third-order valence-corrected chi connectivity index (χ3v) is 4.15. The molecule has 0 aromatic heterocycles. The Morgan fingerprint density at radius 2 is 1.83 bits per heavy atom. The molecule has 1 amide bonds. The van der Waals surface area contributed by atoms with E-state index >= 15 is 0 Å². The first-order valence-corrected chi connectivity index (χ1v) is 8.52. The molecule has 0 aliphatic carbocycles. The van der Waals surface area contributed by atoms with Gasteiger partial charge >= 0.3 is 5.97 Å². The van der Waals surface area contributed by atoms with E-state index in [1.54, 1.807) is 6.92 Å². The minimum absolute atomic E-state index is 0.120. The zero-order chi connectivity index (χ0) is 18.3. The SMILES string of the molecule is CCOC(=O)C(CCCl)N(C(=O)COC)c1c(C)ccc(C)c1C. The maximum Gasteiger partial charge on any atom is 0.329 e. The van der Waals surface area contributed by atoms with Crippen LogP contribution in [0, 0.1) is 20.8 Å². The molecule has 1 aromatic rings. The highest BCUT2D eigenvalue weighted by molar-refractivity contribution is 6.18. The van der Waals surface area contributed by atoms with Crippen LogP contribution in [0.25, 0.3) is 0 Å². The van der Waals surface area contributed by atoms with E-state index in [4.69, 9.17) is 21.1 Å². The van der Waals surface area contributed by atoms with Gasteiger partial charge in [-0.15, -0.1) is 11.6 Å². The highest BCUT2D eigenvalue weighted by Gasteiger charge is 2.33. The zero-order valence-electron chi connectivity index (χ0n) is 15.0. The van der Waals surface area contributed by atoms with Crippen LogP contribution in [0.2, 0.25) is 0 Å². The highest BCUT2D eigenvalue weighted by Crippen LogP contribution is 2.30. The molecule has 1 unspecified atom stereocenters. The van der Waals surface area contributed by atoms with Crippen LogP contribution in [-0.4, -0.2) is 44.1 Å². The van der Waals surface area contributed by atoms with Crippen LogP contribution < -0.4 is 4.90 Å². The van der Waals surface area contributed by atoms with Gasteiger partial charge in [0.15, 0.2) is 0 Å². The maximum absolute atomic E-state index is 12.7. The topological polar surface area (TPSA) is 55.8 Å². The number of benzene rings is 1. The van der Waals surface area contributed by atoms with E-state index in [1.165, 1.54) is 12.0 Å². The lowest BCUT2D eigenvalue weighted by atomic mass is 10.0. The number of esters is 1. The molecule has 0 radical (unpaired) electrons. The van der Waals surface area contributed by atoms with E-state index < -0.39 is 12.0 Å². The van der Waals surface area contributed by atoms with Crippen molar-refractivity contribution in [2.24, 2.45) is 0 Å². The normalized spacial score (nSPS) is 11.9. The maximum atomic E-state index is 12.7. The fourth-order valence-corrected chi connectivity index (χ4v) is 2.86. The van der Waals surface area contributed by atoms with Gasteiger partial charge < -0.3 is 9.47 Å². The standard InChI is InChI=1S/C18H26ClNO4/c1-6-24-18(22)15(9-10-19)20(16(21)11-23-5)17-13(3)8-7-12(2)14(17)4/h7-8,15H,6,9-11H2,1-5H3. The third-order valence-electron chi connectivity index (χ3n) is 3.93. The molecule has 1 aromatic carbocycles. The number of halogens is 1. The molecule has 0 heterocycles. The Bertz CT molecular complexity index is 589. The molecule has 1 rings (SSSR count). The first-order chi connectivity index (χ1) is 11.4. The summed E-state index contributed by atoms with van der Waals surface area (Å²) in [5.41, 5.74) is 3.62. The second-order valence-corrected chi connectivity index (χ2v) is 5.99. The van der Waals surface area contributed by atoms with Crippen molar-refractivity contribution in [3.63, 3.8) is 0 Å². The van der Waals surface area contributed by atoms with Crippen molar-refractivity contribution in [1.29, 1.82) is 0 Å². The number of methoxy groups -OCH3 is 1. The summed E-state index contributed by atoms with van der Waals surface area (Å²) in [5, 5.41) is 0. The number of amides is 1. The van der Waals surface area contributed by atoms with Crippen molar-refractivity contribution in [2.45, 2.75) is 40.2 Å². The predicted octanol–water partition coefficient (Wildman–Crippen LogP) is 3.15. The average Bonchev–Trinajstić information content (AvgIpc) is 2.54. The van der Waals surface area contributed by atoms with Gasteiger partial charge in [0.25, 0.3) is 5.91 Å². The molecule has 0 saturated heterocycles. The fraction of sp³-hybridized carbons (Fsp3) is 0.556. The van der Waals surface area contributed by atoms with Crippen molar-refractivity contribution >= 4 is 29.2 Å². The van der Waals surface area contributed by atoms with E-state index in [2.05, 4.69) is 0 Å². The molecule has 6 heteroatoms. The summed E-state index contributed by atoms with van der Waals surface area (Å²) in [6, 6.07) is 3.16. The van der Waals surface area contributed by atoms with Crippen molar-refractivity contribution in [1.82, 2.24) is 0 Å². The van der Waals surface area contributed by atoms with Crippen LogP contribution in [0.3, 0.4) is 0 Å². The van der Waals surface area contributed by atoms with Crippen LogP contribution in [-0.2, 0) is 19.1 Å². The number of hydrogen-bond donors (Lipinski definition) is 0. The van der Waals surface area contributed by atoms with E-state index in [0.29, 0.717) is 6.42 Å². The Hall–Kier alpha value is -1.59. The summed E-state index contributed by atoms with van der Waals surface area (Å²) < 4.78 is 10.2. The second kappa shape index (κ2) is 9.64. The molecule has 24 heavy (non-hydrogen) atoms. The molecule has 0 aliphatic heterocycles. The summed E-state index contributed by atoms with van der Waals surface area (Å²) in [7, 11) is 1.45. The number of ether oxygens (including phenoxy) is 2. The van der Waals surface area contributed by atoms with E-state index in [-0.39, 0.29) is 25.0 Å². The minimum atomic E-state index is -0.774. The lowest BCUT2D eigenvalue weighted by Gasteiger charge is -2.32. The molecule has 0 fully saturated rings. The zero-order valence-corrected chi connectivity index (χ0v) is 15.8. The number of carbonyl (C=O) groups is 2. The highest BCUT2D eigenvalue weighted by atomic mass is 35.5. The van der Waals surface area contributed by atoms with Crippen molar-refractivity contribution in [3.05, 3.63) is 28.8 Å². The number of rotatable bonds is 8. The van der Waals surface area contributed by atoms with Gasteiger partial charge in [-0.1, -0.05) is 12.1 Å². The van der Waals surface area contributed by atoms with Gasteiger partial charge in [-0.3, -0.25) is 9.69 Å². The van der Waals surface area contributed by atoms with Gasteiger partial charge in [0, 0.05) is 13.0 Å². The first kappa shape index (κ1) is 20.5. The molecule has 1 atom stereocenters. The predicted molar refractivity (Wildman–Crippen MR) is 95.8 cm³/mol. The number of alkyl halides is 1. The smallest absolute Gasteiger partial charge is 0.329 e. The molecule has 5 nitrogen and oxygen atoms in total. The minimum Gasteiger partial charge on any atom is -0.464 e. The largest absolute Gasteiger partial charge is 0.464 e. The van der Waals surface area contributed by atoms with Crippen molar-refractivity contribution < 1.29 is 19.1 Å².